The van der Waals surface area contributed by atoms with Gasteiger partial charge in [-0.3, -0.25) is 4.57 Å². The summed E-state index contributed by atoms with van der Waals surface area (Å²) >= 11 is 0. The molecule has 1 aromatic carbocycles. The molecule has 0 bridgehead atoms. The zero-order chi connectivity index (χ0) is 17.7. The molecule has 1 saturated carbocycles. The molecule has 0 aromatic heterocycles. The number of rotatable bonds is 7. The molecule has 1 aromatic rings. The first-order valence-electron chi connectivity index (χ1n) is 9.51. The fourth-order valence-electron chi connectivity index (χ4n) is 3.92. The Bertz CT molecular complexity index is 542. The van der Waals surface area contributed by atoms with Crippen LogP contribution in [0.2, 0.25) is 0 Å². The molecule has 1 fully saturated rings. The summed E-state index contributed by atoms with van der Waals surface area (Å²) in [5.74, 6) is 1.70. The summed E-state index contributed by atoms with van der Waals surface area (Å²) in [6.07, 6.45) is 3.53. The van der Waals surface area contributed by atoms with E-state index in [4.69, 9.17) is 4.52 Å². The van der Waals surface area contributed by atoms with E-state index in [0.29, 0.717) is 17.8 Å². The highest BCUT2D eigenvalue weighted by Gasteiger charge is 2.40. The van der Waals surface area contributed by atoms with Crippen molar-refractivity contribution < 1.29 is 9.09 Å². The zero-order valence-corrected chi connectivity index (χ0v) is 16.8. The second kappa shape index (κ2) is 8.65. The minimum atomic E-state index is -3.02. The third-order valence-electron chi connectivity index (χ3n) is 5.42. The maximum absolute atomic E-state index is 14.0. The van der Waals surface area contributed by atoms with Crippen LogP contribution in [0.25, 0.3) is 0 Å². The maximum atomic E-state index is 14.0. The van der Waals surface area contributed by atoms with Crippen molar-refractivity contribution >= 4 is 12.8 Å². The van der Waals surface area contributed by atoms with Crippen molar-refractivity contribution in [1.29, 1.82) is 0 Å². The van der Waals surface area contributed by atoms with Crippen LogP contribution in [0.15, 0.2) is 30.3 Å². The molecular formula is C20H34NO2P. The quantitative estimate of drug-likeness (QED) is 0.622. The van der Waals surface area contributed by atoms with Gasteiger partial charge in [0.15, 0.2) is 0 Å². The lowest BCUT2D eigenvalue weighted by molar-refractivity contribution is 0.0428. The van der Waals surface area contributed by atoms with Crippen molar-refractivity contribution in [2.24, 2.45) is 17.8 Å². The largest absolute Gasteiger partial charge is 0.310 e. The van der Waals surface area contributed by atoms with E-state index in [9.17, 15) is 4.57 Å². The van der Waals surface area contributed by atoms with Crippen LogP contribution in [-0.4, -0.2) is 23.9 Å². The molecule has 24 heavy (non-hydrogen) atoms. The molecule has 0 saturated heterocycles. The molecular weight excluding hydrogens is 317 g/mol. The number of benzene rings is 1. The van der Waals surface area contributed by atoms with Gasteiger partial charge in [-0.25, -0.2) is 4.67 Å². The van der Waals surface area contributed by atoms with E-state index in [1.165, 1.54) is 12.8 Å². The Labute approximate surface area is 148 Å². The van der Waals surface area contributed by atoms with E-state index in [1.807, 2.05) is 35.0 Å². The lowest BCUT2D eigenvalue weighted by Gasteiger charge is -2.41. The van der Waals surface area contributed by atoms with Crippen LogP contribution in [0.3, 0.4) is 0 Å². The topological polar surface area (TPSA) is 29.5 Å². The van der Waals surface area contributed by atoms with Crippen LogP contribution >= 0.6 is 7.52 Å². The van der Waals surface area contributed by atoms with Crippen molar-refractivity contribution in [1.82, 2.24) is 4.67 Å². The Hall–Kier alpha value is -0.630. The van der Waals surface area contributed by atoms with Gasteiger partial charge >= 0.3 is 7.52 Å². The molecule has 0 amide bonds. The first kappa shape index (κ1) is 19.7. The van der Waals surface area contributed by atoms with Gasteiger partial charge in [0.25, 0.3) is 0 Å². The van der Waals surface area contributed by atoms with E-state index in [2.05, 4.69) is 34.6 Å². The average molecular weight is 351 g/mol. The lowest BCUT2D eigenvalue weighted by atomic mass is 9.75. The molecule has 1 unspecified atom stereocenters. The third kappa shape index (κ3) is 4.31. The number of hydrogen-bond acceptors (Lipinski definition) is 2. The van der Waals surface area contributed by atoms with Gasteiger partial charge < -0.3 is 4.52 Å². The van der Waals surface area contributed by atoms with E-state index in [0.717, 1.165) is 24.8 Å². The SMILES string of the molecule is CCN(CC)P(=O)(O[C@@H]1C[C@H](C)CC[C@H]1C(C)C)c1ccccc1. The van der Waals surface area contributed by atoms with Crippen molar-refractivity contribution in [3.8, 4) is 0 Å². The monoisotopic (exact) mass is 351 g/mol. The Morgan fingerprint density at radius 3 is 2.33 bits per heavy atom. The van der Waals surface area contributed by atoms with Crippen molar-refractivity contribution in [2.45, 2.75) is 60.0 Å². The Morgan fingerprint density at radius 1 is 1.17 bits per heavy atom. The fourth-order valence-corrected chi connectivity index (χ4v) is 6.41. The number of hydrogen-bond donors (Lipinski definition) is 0. The summed E-state index contributed by atoms with van der Waals surface area (Å²) in [6.45, 7) is 12.4. The highest BCUT2D eigenvalue weighted by Crippen LogP contribution is 2.53. The number of nitrogens with zero attached hydrogens (tertiary/aromatic N) is 1. The van der Waals surface area contributed by atoms with Gasteiger partial charge in [-0.1, -0.05) is 59.2 Å². The fraction of sp³-hybridized carbons (Fsp3) is 0.700. The summed E-state index contributed by atoms with van der Waals surface area (Å²) in [6, 6.07) is 9.79. The Balaban J connectivity index is 2.35. The van der Waals surface area contributed by atoms with Crippen molar-refractivity contribution in [3.05, 3.63) is 30.3 Å². The van der Waals surface area contributed by atoms with E-state index < -0.39 is 7.52 Å². The van der Waals surface area contributed by atoms with Crippen LogP contribution in [0.4, 0.5) is 0 Å². The predicted molar refractivity (Wildman–Crippen MR) is 103 cm³/mol. The van der Waals surface area contributed by atoms with Crippen molar-refractivity contribution in [3.63, 3.8) is 0 Å². The molecule has 0 spiro atoms. The first-order valence-corrected chi connectivity index (χ1v) is 11.1. The second-order valence-corrected chi connectivity index (χ2v) is 9.80. The van der Waals surface area contributed by atoms with Crippen LogP contribution < -0.4 is 5.30 Å². The van der Waals surface area contributed by atoms with Gasteiger partial charge in [0.05, 0.1) is 11.4 Å². The summed E-state index contributed by atoms with van der Waals surface area (Å²) in [7, 11) is -3.02. The molecule has 136 valence electrons. The van der Waals surface area contributed by atoms with E-state index in [-0.39, 0.29) is 6.10 Å². The second-order valence-electron chi connectivity index (χ2n) is 7.46. The molecule has 1 aliphatic carbocycles. The van der Waals surface area contributed by atoms with Crippen LogP contribution in [-0.2, 0) is 9.09 Å². The van der Waals surface area contributed by atoms with Gasteiger partial charge in [-0.15, -0.1) is 0 Å². The predicted octanol–water partition coefficient (Wildman–Crippen LogP) is 5.32. The van der Waals surface area contributed by atoms with Gasteiger partial charge in [-0.2, -0.15) is 0 Å². The summed E-state index contributed by atoms with van der Waals surface area (Å²) in [5, 5.41) is 0.828. The molecule has 2 rings (SSSR count). The normalized spacial score (nSPS) is 27.4. The summed E-state index contributed by atoms with van der Waals surface area (Å²) < 4.78 is 22.6. The lowest BCUT2D eigenvalue weighted by Crippen LogP contribution is -2.37. The van der Waals surface area contributed by atoms with Gasteiger partial charge in [0.2, 0.25) is 0 Å². The molecule has 1 aliphatic rings. The zero-order valence-electron chi connectivity index (χ0n) is 15.9. The highest BCUT2D eigenvalue weighted by molar-refractivity contribution is 7.64. The maximum Gasteiger partial charge on any atom is 0.302 e. The molecule has 0 N–H and O–H groups in total. The van der Waals surface area contributed by atoms with Gasteiger partial charge in [-0.05, 0) is 42.7 Å². The molecule has 4 atom stereocenters. The Morgan fingerprint density at radius 2 is 1.79 bits per heavy atom. The van der Waals surface area contributed by atoms with E-state index in [1.54, 1.807) is 0 Å². The van der Waals surface area contributed by atoms with Gasteiger partial charge in [0.1, 0.15) is 0 Å². The smallest absolute Gasteiger partial charge is 0.302 e. The van der Waals surface area contributed by atoms with Crippen LogP contribution in [0, 0.1) is 17.8 Å². The van der Waals surface area contributed by atoms with Crippen molar-refractivity contribution in [2.75, 3.05) is 13.1 Å². The van der Waals surface area contributed by atoms with Crippen LogP contribution in [0.5, 0.6) is 0 Å². The first-order chi connectivity index (χ1) is 11.4. The third-order valence-corrected chi connectivity index (χ3v) is 8.24. The minimum Gasteiger partial charge on any atom is -0.310 e. The summed E-state index contributed by atoms with van der Waals surface area (Å²) in [5.41, 5.74) is 0. The van der Waals surface area contributed by atoms with Gasteiger partial charge in [0, 0.05) is 13.1 Å². The average Bonchev–Trinajstić information content (AvgIpc) is 2.56. The molecule has 0 radical (unpaired) electrons. The van der Waals surface area contributed by atoms with Crippen LogP contribution in [0.1, 0.15) is 53.9 Å². The molecule has 3 nitrogen and oxygen atoms in total. The molecule has 4 heteroatoms. The standard InChI is InChI=1S/C20H34NO2P/c1-6-21(7-2)24(22,18-11-9-8-10-12-18)23-20-15-17(5)13-14-19(20)16(3)4/h8-12,16-17,19-20H,6-7,13-15H2,1-5H3/t17-,19+,20-,24?/m1/s1. The molecule has 0 heterocycles. The molecule has 0 aliphatic heterocycles. The highest BCUT2D eigenvalue weighted by atomic mass is 31.2. The van der Waals surface area contributed by atoms with E-state index >= 15 is 0 Å². The minimum absolute atomic E-state index is 0.0837. The summed E-state index contributed by atoms with van der Waals surface area (Å²) in [4.78, 5) is 0. The Kier molecular flexibility index (Phi) is 7.10.